The molecule has 1 amide bonds. The fourth-order valence-corrected chi connectivity index (χ4v) is 4.59. The molecule has 0 saturated heterocycles. The summed E-state index contributed by atoms with van der Waals surface area (Å²) in [5, 5.41) is 21.7. The molecule has 3 rings (SSSR count). The van der Waals surface area contributed by atoms with Crippen LogP contribution >= 0.6 is 0 Å². The Morgan fingerprint density at radius 2 is 1.67 bits per heavy atom. The van der Waals surface area contributed by atoms with E-state index in [1.807, 2.05) is 37.3 Å². The molecule has 1 aliphatic rings. The van der Waals surface area contributed by atoms with Gasteiger partial charge in [-0.2, -0.15) is 0 Å². The van der Waals surface area contributed by atoms with E-state index >= 15 is 0 Å². The van der Waals surface area contributed by atoms with Gasteiger partial charge in [-0.15, -0.1) is 0 Å². The number of benzene rings is 2. The minimum Gasteiger partial charge on any atom is -0.481 e. The number of rotatable bonds is 12. The van der Waals surface area contributed by atoms with Crippen LogP contribution in [0.5, 0.6) is 11.5 Å². The normalized spacial score (nSPS) is 21.5. The van der Waals surface area contributed by atoms with Crippen LogP contribution < -0.4 is 10.1 Å². The van der Waals surface area contributed by atoms with Crippen molar-refractivity contribution < 1.29 is 43.6 Å². The average molecular weight is 500 g/mol. The number of esters is 1. The van der Waals surface area contributed by atoms with Crippen LogP contribution in [-0.2, 0) is 35.2 Å². The number of nitrogens with one attached hydrogen (secondary N) is 1. The van der Waals surface area contributed by atoms with E-state index in [0.29, 0.717) is 17.9 Å². The summed E-state index contributed by atoms with van der Waals surface area (Å²) in [7, 11) is 1.05. The van der Waals surface area contributed by atoms with E-state index < -0.39 is 47.4 Å². The van der Waals surface area contributed by atoms with Crippen LogP contribution in [0.4, 0.5) is 0 Å². The number of carboxylic acids is 2. The Morgan fingerprint density at radius 1 is 1.03 bits per heavy atom. The van der Waals surface area contributed by atoms with Crippen LogP contribution in [-0.4, -0.2) is 47.4 Å². The van der Waals surface area contributed by atoms with E-state index in [-0.39, 0.29) is 19.4 Å². The highest BCUT2D eigenvalue weighted by atomic mass is 16.7. The van der Waals surface area contributed by atoms with Gasteiger partial charge in [-0.1, -0.05) is 43.7 Å². The molecule has 192 valence electrons. The molecule has 0 radical (unpaired) electrons. The van der Waals surface area contributed by atoms with Crippen LogP contribution in [0, 0.1) is 17.3 Å². The summed E-state index contributed by atoms with van der Waals surface area (Å²) in [6, 6.07) is 16.4. The first-order chi connectivity index (χ1) is 17.2. The largest absolute Gasteiger partial charge is 0.481 e. The molecular formula is C26H29NO9. The van der Waals surface area contributed by atoms with E-state index in [9.17, 15) is 24.3 Å². The molecule has 0 spiro atoms. The molecule has 4 unspecified atom stereocenters. The number of amides is 1. The number of para-hydroxylation sites is 1. The SMILES string of the molecule is CCCC1(C(=O)NCc2ccc(Oc3ccccc3)cc2)CC(C(=O)OC(OC)C(=O)O)C1C(=O)O. The van der Waals surface area contributed by atoms with Crippen molar-refractivity contribution in [1.82, 2.24) is 5.32 Å². The maximum Gasteiger partial charge on any atom is 0.373 e. The summed E-state index contributed by atoms with van der Waals surface area (Å²) in [5.74, 6) is -5.53. The molecule has 0 aromatic heterocycles. The quantitative estimate of drug-likeness (QED) is 0.296. The van der Waals surface area contributed by atoms with Gasteiger partial charge in [0.1, 0.15) is 11.5 Å². The Balaban J connectivity index is 1.66. The summed E-state index contributed by atoms with van der Waals surface area (Å²) in [4.78, 5) is 48.9. The molecule has 10 nitrogen and oxygen atoms in total. The lowest BCUT2D eigenvalue weighted by Crippen LogP contribution is -2.62. The maximum absolute atomic E-state index is 13.2. The van der Waals surface area contributed by atoms with Crippen LogP contribution in [0.15, 0.2) is 54.6 Å². The molecule has 2 aromatic rings. The highest BCUT2D eigenvalue weighted by Crippen LogP contribution is 2.55. The van der Waals surface area contributed by atoms with Gasteiger partial charge in [0.05, 0.1) is 17.3 Å². The predicted molar refractivity (Wildman–Crippen MR) is 126 cm³/mol. The van der Waals surface area contributed by atoms with E-state index in [1.165, 1.54) is 0 Å². The zero-order valence-electron chi connectivity index (χ0n) is 20.0. The van der Waals surface area contributed by atoms with Crippen LogP contribution in [0.2, 0.25) is 0 Å². The molecule has 3 N–H and O–H groups in total. The molecule has 0 heterocycles. The smallest absolute Gasteiger partial charge is 0.373 e. The number of methoxy groups -OCH3 is 1. The minimum absolute atomic E-state index is 0.0671. The third kappa shape index (κ3) is 5.83. The van der Waals surface area contributed by atoms with Gasteiger partial charge in [0.25, 0.3) is 0 Å². The molecular weight excluding hydrogens is 470 g/mol. The molecule has 0 aliphatic heterocycles. The lowest BCUT2D eigenvalue weighted by molar-refractivity contribution is -0.207. The van der Waals surface area contributed by atoms with Gasteiger partial charge in [0.15, 0.2) is 0 Å². The van der Waals surface area contributed by atoms with Crippen molar-refractivity contribution >= 4 is 23.8 Å². The van der Waals surface area contributed by atoms with E-state index in [0.717, 1.165) is 12.7 Å². The number of hydrogen-bond donors (Lipinski definition) is 3. The Morgan fingerprint density at radius 3 is 2.22 bits per heavy atom. The second-order valence-electron chi connectivity index (χ2n) is 8.62. The van der Waals surface area contributed by atoms with Crippen LogP contribution in [0.1, 0.15) is 31.7 Å². The molecule has 1 fully saturated rings. The van der Waals surface area contributed by atoms with Gasteiger partial charge in [-0.25, -0.2) is 4.79 Å². The Bertz CT molecular complexity index is 1090. The first-order valence-corrected chi connectivity index (χ1v) is 11.5. The standard InChI is InChI=1S/C26H29NO9/c1-3-13-26(14-19(20(26)21(28)29)23(32)36-24(34-2)22(30)31)25(33)27-15-16-9-11-18(12-10-16)35-17-7-5-4-6-8-17/h4-12,19-20,24H,3,13-15H2,1-2H3,(H,27,33)(H,28,29)(H,30,31). The number of carbonyl (C=O) groups is 4. The lowest BCUT2D eigenvalue weighted by Gasteiger charge is -2.50. The summed E-state index contributed by atoms with van der Waals surface area (Å²) >= 11 is 0. The number of hydrogen-bond acceptors (Lipinski definition) is 7. The van der Waals surface area contributed by atoms with Crippen molar-refractivity contribution in [2.24, 2.45) is 17.3 Å². The molecule has 10 heteroatoms. The maximum atomic E-state index is 13.2. The third-order valence-electron chi connectivity index (χ3n) is 6.29. The van der Waals surface area contributed by atoms with E-state index in [1.54, 1.807) is 24.3 Å². The van der Waals surface area contributed by atoms with Gasteiger partial charge in [-0.05, 0) is 42.7 Å². The van der Waals surface area contributed by atoms with E-state index in [2.05, 4.69) is 10.1 Å². The van der Waals surface area contributed by atoms with Crippen molar-refractivity contribution in [1.29, 1.82) is 0 Å². The highest BCUT2D eigenvalue weighted by Gasteiger charge is 2.64. The fourth-order valence-electron chi connectivity index (χ4n) is 4.59. The Labute approximate surface area is 208 Å². The zero-order chi connectivity index (χ0) is 26.3. The van der Waals surface area contributed by atoms with Crippen molar-refractivity contribution in [3.05, 3.63) is 60.2 Å². The fraction of sp³-hybridized carbons (Fsp3) is 0.385. The summed E-state index contributed by atoms with van der Waals surface area (Å²) in [6.07, 6.45) is -1.16. The highest BCUT2D eigenvalue weighted by molar-refractivity contribution is 5.95. The lowest BCUT2D eigenvalue weighted by atomic mass is 9.51. The first kappa shape index (κ1) is 26.7. The van der Waals surface area contributed by atoms with Crippen molar-refractivity contribution in [2.45, 2.75) is 39.0 Å². The molecule has 36 heavy (non-hydrogen) atoms. The Kier molecular flexibility index (Phi) is 8.65. The molecule has 4 atom stereocenters. The van der Waals surface area contributed by atoms with E-state index in [4.69, 9.17) is 14.6 Å². The number of aliphatic carboxylic acids is 2. The summed E-state index contributed by atoms with van der Waals surface area (Å²) in [5.41, 5.74) is -0.533. The summed E-state index contributed by atoms with van der Waals surface area (Å²) in [6.45, 7) is 1.97. The van der Waals surface area contributed by atoms with Gasteiger partial charge in [0, 0.05) is 13.7 Å². The third-order valence-corrected chi connectivity index (χ3v) is 6.29. The molecule has 1 saturated carbocycles. The topological polar surface area (TPSA) is 148 Å². The van der Waals surface area contributed by atoms with Gasteiger partial charge in [0.2, 0.25) is 5.91 Å². The number of carbonyl (C=O) groups excluding carboxylic acids is 2. The van der Waals surface area contributed by atoms with Crippen LogP contribution in [0.3, 0.4) is 0 Å². The number of ether oxygens (including phenoxy) is 3. The van der Waals surface area contributed by atoms with Gasteiger partial charge in [-0.3, -0.25) is 14.4 Å². The van der Waals surface area contributed by atoms with Gasteiger partial charge < -0.3 is 29.7 Å². The average Bonchev–Trinajstić information content (AvgIpc) is 2.84. The van der Waals surface area contributed by atoms with Crippen molar-refractivity contribution in [3.8, 4) is 11.5 Å². The first-order valence-electron chi connectivity index (χ1n) is 11.5. The molecule has 2 aromatic carbocycles. The second-order valence-corrected chi connectivity index (χ2v) is 8.62. The summed E-state index contributed by atoms with van der Waals surface area (Å²) < 4.78 is 15.2. The molecule has 0 bridgehead atoms. The minimum atomic E-state index is -1.85. The Hall–Kier alpha value is -3.92. The second kappa shape index (κ2) is 11.7. The monoisotopic (exact) mass is 499 g/mol. The van der Waals surface area contributed by atoms with Crippen LogP contribution in [0.25, 0.3) is 0 Å². The predicted octanol–water partition coefficient (Wildman–Crippen LogP) is 3.20. The van der Waals surface area contributed by atoms with Gasteiger partial charge >= 0.3 is 24.2 Å². The molecule has 1 aliphatic carbocycles. The van der Waals surface area contributed by atoms with Crippen molar-refractivity contribution in [2.75, 3.05) is 7.11 Å². The number of carboxylic acid groups (broad SMARTS) is 2. The zero-order valence-corrected chi connectivity index (χ0v) is 20.0. The van der Waals surface area contributed by atoms with Crippen molar-refractivity contribution in [3.63, 3.8) is 0 Å².